The fourth-order valence-corrected chi connectivity index (χ4v) is 11.5. The summed E-state index contributed by atoms with van der Waals surface area (Å²) in [5.41, 5.74) is 7.30. The van der Waals surface area contributed by atoms with Crippen LogP contribution in [0.5, 0.6) is 11.5 Å². The first kappa shape index (κ1) is 38.8. The second kappa shape index (κ2) is 16.8. The molecule has 0 amide bonds. The van der Waals surface area contributed by atoms with E-state index < -0.39 is 17.6 Å². The summed E-state index contributed by atoms with van der Waals surface area (Å²) in [5, 5.41) is 30.2. The standard InChI is InChI=1S/C44H66N6O5/c1-30(51)54-40-24-36(52)11-16-43(15-10-34-6-5-7-35-23-37(12-18-46-35)55-41-22-31(21-38(34)40)8-9-39(41)53)17-19-49-25-32-20-33(26-49)28-50(27-32)44(13-3-2-4-14-44)48-42(45)47-29-43/h8-9,22,32-38,40,46,52-53H,2-7,11-14,16-21,23-29H2,1H3,(H3,45,47,48)/t32-,33-,34-,35+,36-,37-,38-,40+,43-/m0/s1. The Labute approximate surface area is 328 Å². The highest BCUT2D eigenvalue weighted by Gasteiger charge is 2.46. The van der Waals surface area contributed by atoms with Crippen LogP contribution in [0.1, 0.15) is 109 Å². The van der Waals surface area contributed by atoms with Gasteiger partial charge in [0, 0.05) is 57.4 Å². The molecule has 2 spiro atoms. The molecular weight excluding hydrogens is 693 g/mol. The molecule has 3 saturated heterocycles. The molecule has 11 heteroatoms. The molecule has 55 heavy (non-hydrogen) atoms. The molecule has 6 heterocycles. The van der Waals surface area contributed by atoms with E-state index in [-0.39, 0.29) is 35.3 Å². The number of hydrogen-bond donors (Lipinski definition) is 5. The van der Waals surface area contributed by atoms with E-state index in [4.69, 9.17) is 20.2 Å². The predicted molar refractivity (Wildman–Crippen MR) is 213 cm³/mol. The number of nitrogens with one attached hydrogen (secondary N) is 2. The average Bonchev–Trinajstić information content (AvgIpc) is 3.17. The number of carbonyl (C=O) groups excluding carboxylic acids is 1. The first-order valence-corrected chi connectivity index (χ1v) is 21.8. The molecular formula is C44H66N6O5. The van der Waals surface area contributed by atoms with Crippen LogP contribution in [0.2, 0.25) is 0 Å². The number of aromatic hydroxyl groups is 1. The van der Waals surface area contributed by atoms with E-state index in [9.17, 15) is 15.0 Å². The van der Waals surface area contributed by atoms with Gasteiger partial charge in [-0.1, -0.05) is 30.7 Å². The molecule has 4 fully saturated rings. The topological polar surface area (TPSA) is 145 Å². The van der Waals surface area contributed by atoms with Gasteiger partial charge in [-0.15, -0.1) is 0 Å². The highest BCUT2D eigenvalue weighted by atomic mass is 16.5. The minimum absolute atomic E-state index is 0.0384. The van der Waals surface area contributed by atoms with Crippen LogP contribution in [0, 0.1) is 40.9 Å². The van der Waals surface area contributed by atoms with Crippen LogP contribution in [0.4, 0.5) is 0 Å². The summed E-state index contributed by atoms with van der Waals surface area (Å²) in [7, 11) is 0. The van der Waals surface area contributed by atoms with Gasteiger partial charge in [0.05, 0.1) is 23.7 Å². The number of aliphatic hydroxyl groups excluding tert-OH is 1. The van der Waals surface area contributed by atoms with Crippen LogP contribution in [-0.4, -0.2) is 108 Å². The Morgan fingerprint density at radius 3 is 2.62 bits per heavy atom. The number of nitrogens with two attached hydrogens (primary N) is 1. The minimum atomic E-state index is -0.664. The highest BCUT2D eigenvalue weighted by Crippen LogP contribution is 2.41. The van der Waals surface area contributed by atoms with Gasteiger partial charge in [-0.05, 0) is 126 Å². The van der Waals surface area contributed by atoms with Gasteiger partial charge in [0.25, 0.3) is 0 Å². The molecule has 6 aliphatic heterocycles. The smallest absolute Gasteiger partial charge is 0.302 e. The molecule has 1 saturated carbocycles. The molecule has 0 aromatic heterocycles. The van der Waals surface area contributed by atoms with Gasteiger partial charge in [0.15, 0.2) is 17.5 Å². The Bertz CT molecular complexity index is 1590. The van der Waals surface area contributed by atoms with Crippen molar-refractivity contribution in [1.29, 1.82) is 0 Å². The SMILES string of the molecule is CC(=O)O[C@@H]1C[C@@H](O)CC[C@@]2(C#C[C@@H]3CCC[C@@H]4C[C@H](CCN4)Oc4cc(ccc4O)C[C@@H]31)CCN1C[C@@H]3C[C@@H](C1)CN(C3)C1(CCCCC1)NC(N)=NC2. The molecule has 302 valence electrons. The van der Waals surface area contributed by atoms with Gasteiger partial charge in [0.2, 0.25) is 0 Å². The fraction of sp³-hybridized carbons (Fsp3) is 0.773. The largest absolute Gasteiger partial charge is 0.504 e. The molecule has 8 aliphatic rings. The van der Waals surface area contributed by atoms with Crippen molar-refractivity contribution < 1.29 is 24.5 Å². The number of aliphatic imine (C=N–C) groups is 1. The lowest BCUT2D eigenvalue weighted by atomic mass is 9.73. The maximum absolute atomic E-state index is 12.7. The summed E-state index contributed by atoms with van der Waals surface area (Å²) in [6.45, 7) is 8.26. The third-order valence-electron chi connectivity index (χ3n) is 14.4. The molecule has 6 N–H and O–H groups in total. The van der Waals surface area contributed by atoms with E-state index in [1.54, 1.807) is 6.07 Å². The first-order valence-electron chi connectivity index (χ1n) is 21.8. The van der Waals surface area contributed by atoms with Crippen molar-refractivity contribution >= 4 is 11.9 Å². The lowest BCUT2D eigenvalue weighted by Gasteiger charge is -2.54. The maximum atomic E-state index is 12.7. The molecule has 1 aromatic rings. The van der Waals surface area contributed by atoms with Crippen LogP contribution < -0.4 is 21.1 Å². The second-order valence-electron chi connectivity index (χ2n) is 18.5. The van der Waals surface area contributed by atoms with Gasteiger partial charge in [-0.25, -0.2) is 0 Å². The number of carbonyl (C=O) groups is 1. The van der Waals surface area contributed by atoms with E-state index in [0.29, 0.717) is 61.8 Å². The Balaban J connectivity index is 1.17. The summed E-state index contributed by atoms with van der Waals surface area (Å²) < 4.78 is 12.6. The number of aliphatic hydroxyl groups is 1. The zero-order valence-corrected chi connectivity index (χ0v) is 33.2. The number of esters is 1. The van der Waals surface area contributed by atoms with Gasteiger partial charge in [-0.3, -0.25) is 14.7 Å². The summed E-state index contributed by atoms with van der Waals surface area (Å²) >= 11 is 0. The lowest BCUT2D eigenvalue weighted by Crippen LogP contribution is -2.67. The lowest BCUT2D eigenvalue weighted by molar-refractivity contribution is -0.152. The number of piperidine rings is 3. The Morgan fingerprint density at radius 2 is 1.82 bits per heavy atom. The number of benzene rings is 1. The molecule has 2 aliphatic carbocycles. The first-order chi connectivity index (χ1) is 26.6. The molecule has 1 aromatic carbocycles. The number of fused-ring (bicyclic) bond motifs is 8. The van der Waals surface area contributed by atoms with Crippen molar-refractivity contribution in [1.82, 2.24) is 20.4 Å². The Hall–Kier alpha value is -3.04. The summed E-state index contributed by atoms with van der Waals surface area (Å²) in [5.74, 6) is 9.71. The van der Waals surface area contributed by atoms with Crippen LogP contribution in [-0.2, 0) is 16.0 Å². The van der Waals surface area contributed by atoms with Crippen molar-refractivity contribution in [3.05, 3.63) is 23.8 Å². The van der Waals surface area contributed by atoms with Gasteiger partial charge >= 0.3 is 5.97 Å². The van der Waals surface area contributed by atoms with Crippen LogP contribution >= 0.6 is 0 Å². The zero-order valence-electron chi connectivity index (χ0n) is 33.2. The number of rotatable bonds is 1. The predicted octanol–water partition coefficient (Wildman–Crippen LogP) is 4.54. The summed E-state index contributed by atoms with van der Waals surface area (Å²) in [6.07, 6.45) is 13.7. The van der Waals surface area contributed by atoms with E-state index in [1.165, 1.54) is 32.6 Å². The number of phenols is 1. The van der Waals surface area contributed by atoms with Crippen molar-refractivity contribution in [3.63, 3.8) is 0 Å². The average molecular weight is 759 g/mol. The Morgan fingerprint density at radius 1 is 1.00 bits per heavy atom. The number of guanidine groups is 1. The van der Waals surface area contributed by atoms with Crippen molar-refractivity contribution in [3.8, 4) is 23.3 Å². The quantitative estimate of drug-likeness (QED) is 0.205. The van der Waals surface area contributed by atoms with E-state index >= 15 is 0 Å². The zero-order chi connectivity index (χ0) is 38.0. The van der Waals surface area contributed by atoms with E-state index in [2.05, 4.69) is 32.3 Å². The van der Waals surface area contributed by atoms with Gasteiger partial charge < -0.3 is 41.0 Å². The van der Waals surface area contributed by atoms with Crippen LogP contribution in [0.25, 0.3) is 0 Å². The Kier molecular flexibility index (Phi) is 11.9. The van der Waals surface area contributed by atoms with E-state index in [1.807, 2.05) is 12.1 Å². The molecule has 11 nitrogen and oxygen atoms in total. The molecule has 0 radical (unpaired) electrons. The number of ether oxygens (including phenoxy) is 2. The van der Waals surface area contributed by atoms with Crippen molar-refractivity contribution in [2.75, 3.05) is 45.8 Å². The van der Waals surface area contributed by atoms with Crippen LogP contribution in [0.3, 0.4) is 0 Å². The van der Waals surface area contributed by atoms with E-state index in [0.717, 1.165) is 96.2 Å². The second-order valence-corrected chi connectivity index (χ2v) is 18.5. The number of nitrogens with zero attached hydrogens (tertiary/aromatic N) is 3. The molecule has 8 bridgehead atoms. The van der Waals surface area contributed by atoms with Gasteiger partial charge in [-0.2, -0.15) is 0 Å². The van der Waals surface area contributed by atoms with Crippen LogP contribution in [0.15, 0.2) is 23.2 Å². The van der Waals surface area contributed by atoms with Gasteiger partial charge in [0.1, 0.15) is 12.2 Å². The van der Waals surface area contributed by atoms with Crippen molar-refractivity contribution in [2.24, 2.45) is 39.8 Å². The van der Waals surface area contributed by atoms with Crippen molar-refractivity contribution in [2.45, 2.75) is 140 Å². The molecule has 9 atom stereocenters. The maximum Gasteiger partial charge on any atom is 0.302 e. The number of phenolic OH excluding ortho intramolecular Hbond substituents is 1. The fourth-order valence-electron chi connectivity index (χ4n) is 11.5. The molecule has 0 unspecified atom stereocenters. The highest BCUT2D eigenvalue weighted by molar-refractivity contribution is 5.78. The summed E-state index contributed by atoms with van der Waals surface area (Å²) in [4.78, 5) is 23.3. The summed E-state index contributed by atoms with van der Waals surface area (Å²) in [6, 6.07) is 5.95. The molecule has 9 rings (SSSR count). The third kappa shape index (κ3) is 9.24. The normalized spacial score (nSPS) is 39.3. The number of hydrogen-bond acceptors (Lipinski definition) is 11. The third-order valence-corrected chi connectivity index (χ3v) is 14.4. The minimum Gasteiger partial charge on any atom is -0.504 e. The monoisotopic (exact) mass is 759 g/mol.